The summed E-state index contributed by atoms with van der Waals surface area (Å²) in [7, 11) is -3.70. The van der Waals surface area contributed by atoms with Crippen LogP contribution in [0, 0.1) is 12.3 Å². The molecule has 0 bridgehead atoms. The maximum Gasteiger partial charge on any atom is 0.283 e. The topological polar surface area (TPSA) is 112 Å². The Morgan fingerprint density at radius 1 is 1.24 bits per heavy atom. The quantitative estimate of drug-likeness (QED) is 0.483. The van der Waals surface area contributed by atoms with E-state index in [1.807, 2.05) is 31.2 Å². The number of halogens is 1. The minimum atomic E-state index is -3.70. The zero-order chi connectivity index (χ0) is 23.8. The molecular weight excluding hydrogens is 484 g/mol. The molecule has 0 unspecified atom stereocenters. The van der Waals surface area contributed by atoms with Crippen LogP contribution >= 0.6 is 23.5 Å². The van der Waals surface area contributed by atoms with E-state index < -0.39 is 15.7 Å². The van der Waals surface area contributed by atoms with Crippen LogP contribution < -0.4 is 4.74 Å². The molecule has 0 aliphatic carbocycles. The zero-order valence-electron chi connectivity index (χ0n) is 17.7. The number of hydrogen-bond donors (Lipinski definition) is 1. The van der Waals surface area contributed by atoms with Crippen molar-refractivity contribution in [3.63, 3.8) is 0 Å². The van der Waals surface area contributed by atoms with E-state index in [4.69, 9.17) is 21.7 Å². The van der Waals surface area contributed by atoms with E-state index in [-0.39, 0.29) is 27.5 Å². The highest BCUT2D eigenvalue weighted by Gasteiger charge is 2.42. The van der Waals surface area contributed by atoms with E-state index in [0.29, 0.717) is 22.9 Å². The molecule has 33 heavy (non-hydrogen) atoms. The molecule has 0 radical (unpaired) electrons. The molecule has 2 aliphatic rings. The first-order valence-electron chi connectivity index (χ1n) is 9.89. The number of carbonyl (C=O) groups excluding carboxylic acids is 1. The van der Waals surface area contributed by atoms with E-state index in [2.05, 4.69) is 9.39 Å². The molecule has 0 atom stereocenters. The van der Waals surface area contributed by atoms with E-state index in [9.17, 15) is 13.2 Å². The minimum Gasteiger partial charge on any atom is -0.487 e. The largest absolute Gasteiger partial charge is 0.487 e. The lowest BCUT2D eigenvalue weighted by Gasteiger charge is -2.24. The highest BCUT2D eigenvalue weighted by atomic mass is 35.5. The number of carbonyl (C=O) groups is 1. The van der Waals surface area contributed by atoms with Gasteiger partial charge in [-0.1, -0.05) is 48.9 Å². The van der Waals surface area contributed by atoms with Crippen molar-refractivity contribution in [1.29, 1.82) is 5.41 Å². The summed E-state index contributed by atoms with van der Waals surface area (Å²) in [5.41, 5.74) is 2.62. The van der Waals surface area contributed by atoms with Gasteiger partial charge in [0.2, 0.25) is 20.2 Å². The number of rotatable bonds is 5. The van der Waals surface area contributed by atoms with E-state index >= 15 is 0 Å². The summed E-state index contributed by atoms with van der Waals surface area (Å²) in [5, 5.41) is 8.55. The molecule has 0 saturated heterocycles. The van der Waals surface area contributed by atoms with Crippen LogP contribution in [0.4, 0.5) is 0 Å². The number of amidine groups is 3. The van der Waals surface area contributed by atoms with Gasteiger partial charge >= 0.3 is 0 Å². The Labute approximate surface area is 200 Å². The number of fused-ring (bicyclic) bond motifs is 1. The first kappa shape index (κ1) is 23.2. The van der Waals surface area contributed by atoms with Crippen LogP contribution in [0.3, 0.4) is 0 Å². The third-order valence-corrected chi connectivity index (χ3v) is 7.77. The number of nitrogens with one attached hydrogen (secondary N) is 1. The van der Waals surface area contributed by atoms with Gasteiger partial charge in [0.15, 0.2) is 0 Å². The van der Waals surface area contributed by atoms with Crippen LogP contribution in [0.5, 0.6) is 5.75 Å². The normalized spacial score (nSPS) is 17.2. The average Bonchev–Trinajstić information content (AvgIpc) is 3.22. The molecule has 2 aliphatic heterocycles. The predicted molar refractivity (Wildman–Crippen MR) is 131 cm³/mol. The first-order chi connectivity index (χ1) is 15.7. The summed E-state index contributed by atoms with van der Waals surface area (Å²) in [6.07, 6.45) is 1.45. The number of ether oxygens (including phenoxy) is 1. The molecule has 8 nitrogen and oxygen atoms in total. The van der Waals surface area contributed by atoms with Crippen LogP contribution in [-0.4, -0.2) is 41.1 Å². The van der Waals surface area contributed by atoms with Crippen molar-refractivity contribution in [2.24, 2.45) is 9.39 Å². The van der Waals surface area contributed by atoms with Crippen LogP contribution in [0.1, 0.15) is 23.6 Å². The second-order valence-corrected chi connectivity index (χ2v) is 10.5. The second-order valence-electron chi connectivity index (χ2n) is 7.22. The van der Waals surface area contributed by atoms with Crippen molar-refractivity contribution in [1.82, 2.24) is 4.90 Å². The number of benzene rings is 2. The van der Waals surface area contributed by atoms with Gasteiger partial charge in [0.05, 0.1) is 28.3 Å². The number of nitrogens with zero attached hydrogens (tertiary/aromatic N) is 3. The summed E-state index contributed by atoms with van der Waals surface area (Å²) in [6, 6.07) is 12.9. The smallest absolute Gasteiger partial charge is 0.283 e. The van der Waals surface area contributed by atoms with Gasteiger partial charge < -0.3 is 4.74 Å². The molecule has 1 N–H and O–H groups in total. The van der Waals surface area contributed by atoms with Crippen LogP contribution in [0.25, 0.3) is 6.08 Å². The molecule has 0 fully saturated rings. The summed E-state index contributed by atoms with van der Waals surface area (Å²) >= 11 is 7.14. The van der Waals surface area contributed by atoms with Gasteiger partial charge in [-0.05, 0) is 41.8 Å². The molecule has 0 spiro atoms. The fraction of sp³-hybridized carbons (Fsp3) is 0.182. The molecule has 2 aromatic carbocycles. The SMILES string of the molecule is CCS(=O)(=O)C1=NSC2=NC(=O)/C(=C\c3ccc(OCc4ccccc4C)c(Cl)c3)C(=N)N21. The van der Waals surface area contributed by atoms with Gasteiger partial charge in [0, 0.05) is 0 Å². The molecule has 1 amide bonds. The Hall–Kier alpha value is -2.95. The lowest BCUT2D eigenvalue weighted by Crippen LogP contribution is -2.45. The van der Waals surface area contributed by atoms with Crippen molar-refractivity contribution < 1.29 is 17.9 Å². The number of hydrogen-bond acceptors (Lipinski definition) is 7. The van der Waals surface area contributed by atoms with Gasteiger partial charge in [-0.15, -0.1) is 0 Å². The van der Waals surface area contributed by atoms with Gasteiger partial charge in [0.25, 0.3) is 5.91 Å². The van der Waals surface area contributed by atoms with Gasteiger partial charge in [-0.2, -0.15) is 9.39 Å². The average molecular weight is 503 g/mol. The standard InChI is InChI=1S/C22H19ClN4O4S2/c1-3-33(29,30)22-26-32-21-25-20(28)16(19(24)27(21)22)10-14-8-9-18(17(23)11-14)31-12-15-7-5-4-6-13(15)2/h4-11,24H,3,12H2,1-2H3/b16-10-,24-19?. The maximum absolute atomic E-state index is 12.5. The highest BCUT2D eigenvalue weighted by molar-refractivity contribution is 8.16. The molecule has 2 aromatic rings. The molecule has 4 rings (SSSR count). The third-order valence-electron chi connectivity index (χ3n) is 5.06. The van der Waals surface area contributed by atoms with Gasteiger partial charge in [-0.3, -0.25) is 10.2 Å². The predicted octanol–water partition coefficient (Wildman–Crippen LogP) is 4.24. The van der Waals surface area contributed by atoms with Crippen LogP contribution in [-0.2, 0) is 21.2 Å². The lowest BCUT2D eigenvalue weighted by molar-refractivity contribution is -0.114. The number of sulfone groups is 1. The fourth-order valence-electron chi connectivity index (χ4n) is 3.15. The van der Waals surface area contributed by atoms with Gasteiger partial charge in [0.1, 0.15) is 18.2 Å². The molecule has 11 heteroatoms. The summed E-state index contributed by atoms with van der Waals surface area (Å²) < 4.78 is 34.4. The number of amides is 1. The van der Waals surface area contributed by atoms with E-state index in [1.165, 1.54) is 13.0 Å². The molecule has 0 saturated carbocycles. The number of aliphatic imine (C=N–C) groups is 1. The van der Waals surface area contributed by atoms with E-state index in [0.717, 1.165) is 28.0 Å². The Kier molecular flexibility index (Phi) is 6.42. The molecule has 2 heterocycles. The third kappa shape index (κ3) is 4.59. The zero-order valence-corrected chi connectivity index (χ0v) is 20.1. The molecule has 0 aromatic heterocycles. The number of aryl methyl sites for hydroxylation is 1. The van der Waals surface area contributed by atoms with E-state index in [1.54, 1.807) is 18.2 Å². The van der Waals surface area contributed by atoms with Crippen molar-refractivity contribution in [2.75, 3.05) is 5.75 Å². The van der Waals surface area contributed by atoms with Crippen molar-refractivity contribution >= 4 is 61.5 Å². The molecular formula is C22H19ClN4O4S2. The van der Waals surface area contributed by atoms with Gasteiger partial charge in [-0.25, -0.2) is 13.3 Å². The van der Waals surface area contributed by atoms with Crippen molar-refractivity contribution in [3.8, 4) is 5.75 Å². The van der Waals surface area contributed by atoms with Crippen molar-refractivity contribution in [3.05, 3.63) is 69.8 Å². The monoisotopic (exact) mass is 502 g/mol. The summed E-state index contributed by atoms with van der Waals surface area (Å²) in [6.45, 7) is 3.84. The van der Waals surface area contributed by atoms with Crippen molar-refractivity contribution in [2.45, 2.75) is 20.5 Å². The Bertz CT molecular complexity index is 1370. The summed E-state index contributed by atoms with van der Waals surface area (Å²) in [4.78, 5) is 17.5. The fourth-order valence-corrected chi connectivity index (χ4v) is 5.35. The Morgan fingerprint density at radius 2 is 2.00 bits per heavy atom. The van der Waals surface area contributed by atoms with Crippen LogP contribution in [0.15, 0.2) is 57.4 Å². The second kappa shape index (κ2) is 9.12. The molecule has 170 valence electrons. The lowest BCUT2D eigenvalue weighted by atomic mass is 10.1. The Morgan fingerprint density at radius 3 is 2.70 bits per heavy atom. The minimum absolute atomic E-state index is 0.0483. The maximum atomic E-state index is 12.5. The first-order valence-corrected chi connectivity index (χ1v) is 12.7. The van der Waals surface area contributed by atoms with Crippen LogP contribution in [0.2, 0.25) is 5.02 Å². The summed E-state index contributed by atoms with van der Waals surface area (Å²) in [5.74, 6) is -0.663. The highest BCUT2D eigenvalue weighted by Crippen LogP contribution is 2.32. The Balaban J connectivity index is 1.58.